The van der Waals surface area contributed by atoms with Crippen molar-refractivity contribution in [2.45, 2.75) is 20.0 Å². The van der Waals surface area contributed by atoms with Gasteiger partial charge in [-0.1, -0.05) is 30.2 Å². The first-order chi connectivity index (χ1) is 15.1. The molecule has 3 rings (SSSR count). The van der Waals surface area contributed by atoms with Crippen LogP contribution in [0.15, 0.2) is 60.0 Å². The maximum atomic E-state index is 12.0. The largest absolute Gasteiger partial charge is 0.487 e. The highest BCUT2D eigenvalue weighted by atomic mass is 32.1. The van der Waals surface area contributed by atoms with Gasteiger partial charge in [0.15, 0.2) is 0 Å². The summed E-state index contributed by atoms with van der Waals surface area (Å²) >= 11 is 1.61. The van der Waals surface area contributed by atoms with Crippen LogP contribution in [0, 0.1) is 19.3 Å². The van der Waals surface area contributed by atoms with Crippen molar-refractivity contribution in [1.82, 2.24) is 10.3 Å². The number of nitrogens with zero attached hydrogens (tertiary/aromatic N) is 1. The Morgan fingerprint density at radius 3 is 2.52 bits per heavy atom. The molecule has 5 nitrogen and oxygen atoms in total. The SMILES string of the molecule is C#CCOc1ccc(CCNC(=O)/C=C/c2ccc(OCc3csc(C)n3)cc2)cc1. The van der Waals surface area contributed by atoms with E-state index in [1.807, 2.05) is 60.8 Å². The number of benzene rings is 2. The number of aromatic nitrogens is 1. The van der Waals surface area contributed by atoms with Crippen LogP contribution in [-0.2, 0) is 17.8 Å². The summed E-state index contributed by atoms with van der Waals surface area (Å²) in [7, 11) is 0. The molecule has 0 unspecified atom stereocenters. The Balaban J connectivity index is 1.38. The van der Waals surface area contributed by atoms with Gasteiger partial charge in [0.2, 0.25) is 5.91 Å². The summed E-state index contributed by atoms with van der Waals surface area (Å²) in [6, 6.07) is 15.3. The summed E-state index contributed by atoms with van der Waals surface area (Å²) in [5.74, 6) is 3.81. The normalized spacial score (nSPS) is 10.6. The zero-order valence-electron chi connectivity index (χ0n) is 17.3. The van der Waals surface area contributed by atoms with Gasteiger partial charge >= 0.3 is 0 Å². The van der Waals surface area contributed by atoms with E-state index in [0.29, 0.717) is 13.2 Å². The predicted octanol–water partition coefficient (Wildman–Crippen LogP) is 4.41. The number of aryl methyl sites for hydroxylation is 1. The molecule has 1 heterocycles. The summed E-state index contributed by atoms with van der Waals surface area (Å²) < 4.78 is 11.1. The summed E-state index contributed by atoms with van der Waals surface area (Å²) in [6.45, 7) is 3.23. The number of rotatable bonds is 10. The van der Waals surface area contributed by atoms with Crippen molar-refractivity contribution in [1.29, 1.82) is 0 Å². The molecule has 0 saturated carbocycles. The molecule has 0 bridgehead atoms. The number of hydrogen-bond acceptors (Lipinski definition) is 5. The van der Waals surface area contributed by atoms with Crippen molar-refractivity contribution in [3.8, 4) is 23.8 Å². The first-order valence-corrected chi connectivity index (χ1v) is 10.8. The maximum absolute atomic E-state index is 12.0. The van der Waals surface area contributed by atoms with Gasteiger partial charge in [-0.2, -0.15) is 0 Å². The molecule has 31 heavy (non-hydrogen) atoms. The fourth-order valence-electron chi connectivity index (χ4n) is 2.75. The van der Waals surface area contributed by atoms with E-state index in [4.69, 9.17) is 15.9 Å². The van der Waals surface area contributed by atoms with Gasteiger partial charge in [0.25, 0.3) is 0 Å². The summed E-state index contributed by atoms with van der Waals surface area (Å²) in [4.78, 5) is 16.4. The van der Waals surface area contributed by atoms with Gasteiger partial charge in [0, 0.05) is 18.0 Å². The Morgan fingerprint density at radius 1 is 1.13 bits per heavy atom. The third-order valence-electron chi connectivity index (χ3n) is 4.32. The molecule has 1 N–H and O–H groups in total. The lowest BCUT2D eigenvalue weighted by atomic mass is 10.1. The minimum Gasteiger partial charge on any atom is -0.487 e. The Morgan fingerprint density at radius 2 is 1.84 bits per heavy atom. The average Bonchev–Trinajstić information content (AvgIpc) is 3.21. The van der Waals surface area contributed by atoms with E-state index >= 15 is 0 Å². The van der Waals surface area contributed by atoms with Crippen LogP contribution in [0.25, 0.3) is 6.08 Å². The van der Waals surface area contributed by atoms with E-state index in [2.05, 4.69) is 16.2 Å². The first kappa shape index (κ1) is 22.1. The molecule has 3 aromatic rings. The van der Waals surface area contributed by atoms with Gasteiger partial charge in [-0.25, -0.2) is 4.98 Å². The van der Waals surface area contributed by atoms with Crippen molar-refractivity contribution in [2.24, 2.45) is 0 Å². The van der Waals surface area contributed by atoms with Crippen molar-refractivity contribution in [3.05, 3.63) is 81.8 Å². The van der Waals surface area contributed by atoms with Crippen LogP contribution in [0.4, 0.5) is 0 Å². The Kier molecular flexibility index (Phi) is 8.27. The van der Waals surface area contributed by atoms with Crippen LogP contribution >= 0.6 is 11.3 Å². The average molecular weight is 433 g/mol. The molecule has 0 radical (unpaired) electrons. The number of terminal acetylenes is 1. The highest BCUT2D eigenvalue weighted by Crippen LogP contribution is 2.16. The molecule has 0 aliphatic rings. The molecule has 0 atom stereocenters. The fraction of sp³-hybridized carbons (Fsp3) is 0.200. The number of amides is 1. The number of nitrogens with one attached hydrogen (secondary N) is 1. The minimum atomic E-state index is -0.131. The van der Waals surface area contributed by atoms with Gasteiger partial charge in [0.05, 0.1) is 10.7 Å². The molecule has 1 aromatic heterocycles. The molecule has 6 heteroatoms. The second-order valence-electron chi connectivity index (χ2n) is 6.73. The van der Waals surface area contributed by atoms with Crippen molar-refractivity contribution in [2.75, 3.05) is 13.2 Å². The Hall–Kier alpha value is -3.56. The number of hydrogen-bond donors (Lipinski definition) is 1. The minimum absolute atomic E-state index is 0.131. The van der Waals surface area contributed by atoms with Crippen molar-refractivity contribution < 1.29 is 14.3 Å². The molecular weight excluding hydrogens is 408 g/mol. The van der Waals surface area contributed by atoms with E-state index < -0.39 is 0 Å². The van der Waals surface area contributed by atoms with Crippen LogP contribution < -0.4 is 14.8 Å². The lowest BCUT2D eigenvalue weighted by Crippen LogP contribution is -2.23. The van der Waals surface area contributed by atoms with Crippen LogP contribution in [0.2, 0.25) is 0 Å². The zero-order chi connectivity index (χ0) is 21.9. The summed E-state index contributed by atoms with van der Waals surface area (Å²) in [5, 5.41) is 5.91. The highest BCUT2D eigenvalue weighted by Gasteiger charge is 2.01. The second kappa shape index (κ2) is 11.6. The second-order valence-corrected chi connectivity index (χ2v) is 7.79. The number of carbonyl (C=O) groups excluding carboxylic acids is 1. The fourth-order valence-corrected chi connectivity index (χ4v) is 3.34. The molecule has 0 aliphatic carbocycles. The highest BCUT2D eigenvalue weighted by molar-refractivity contribution is 7.09. The van der Waals surface area contributed by atoms with Gasteiger partial charge in [0.1, 0.15) is 24.7 Å². The lowest BCUT2D eigenvalue weighted by Gasteiger charge is -2.06. The molecule has 1 amide bonds. The monoisotopic (exact) mass is 432 g/mol. The molecule has 2 aromatic carbocycles. The van der Waals surface area contributed by atoms with E-state index in [0.717, 1.165) is 39.7 Å². The molecule has 158 valence electrons. The van der Waals surface area contributed by atoms with Crippen molar-refractivity contribution in [3.63, 3.8) is 0 Å². The molecular formula is C25H24N2O3S. The quantitative estimate of drug-likeness (QED) is 0.381. The van der Waals surface area contributed by atoms with Gasteiger partial charge < -0.3 is 14.8 Å². The van der Waals surface area contributed by atoms with Crippen LogP contribution in [0.1, 0.15) is 21.8 Å². The topological polar surface area (TPSA) is 60.5 Å². The van der Waals surface area contributed by atoms with E-state index in [9.17, 15) is 4.79 Å². The number of ether oxygens (including phenoxy) is 2. The predicted molar refractivity (Wildman–Crippen MR) is 124 cm³/mol. The van der Waals surface area contributed by atoms with Crippen molar-refractivity contribution >= 4 is 23.3 Å². The maximum Gasteiger partial charge on any atom is 0.244 e. The van der Waals surface area contributed by atoms with Gasteiger partial charge in [-0.3, -0.25) is 4.79 Å². The van der Waals surface area contributed by atoms with E-state index in [1.165, 1.54) is 6.08 Å². The zero-order valence-corrected chi connectivity index (χ0v) is 18.2. The standard InChI is InChI=1S/C25H24N2O3S/c1-3-16-29-23-9-6-21(7-10-23)14-15-26-25(28)13-8-20-4-11-24(12-5-20)30-17-22-18-31-19(2)27-22/h1,4-13,18H,14-17H2,2H3,(H,26,28)/b13-8+. The Labute approximate surface area is 186 Å². The molecule has 0 saturated heterocycles. The Bertz CT molecular complexity index is 1050. The molecule has 0 spiro atoms. The van der Waals surface area contributed by atoms with Crippen LogP contribution in [0.3, 0.4) is 0 Å². The lowest BCUT2D eigenvalue weighted by molar-refractivity contribution is -0.116. The van der Waals surface area contributed by atoms with Gasteiger partial charge in [-0.05, 0) is 54.8 Å². The molecule has 0 aliphatic heterocycles. The summed E-state index contributed by atoms with van der Waals surface area (Å²) in [6.07, 6.45) is 9.22. The third-order valence-corrected chi connectivity index (χ3v) is 5.14. The number of thiazole rings is 1. The van der Waals surface area contributed by atoms with Crippen LogP contribution in [-0.4, -0.2) is 24.0 Å². The van der Waals surface area contributed by atoms with E-state index in [-0.39, 0.29) is 12.5 Å². The van der Waals surface area contributed by atoms with E-state index in [1.54, 1.807) is 17.4 Å². The van der Waals surface area contributed by atoms with Crippen LogP contribution in [0.5, 0.6) is 11.5 Å². The summed E-state index contributed by atoms with van der Waals surface area (Å²) in [5.41, 5.74) is 2.96. The number of carbonyl (C=O) groups is 1. The smallest absolute Gasteiger partial charge is 0.244 e. The first-order valence-electron chi connectivity index (χ1n) is 9.87. The van der Waals surface area contributed by atoms with Gasteiger partial charge in [-0.15, -0.1) is 17.8 Å². The third kappa shape index (κ3) is 7.65. The molecule has 0 fully saturated rings.